The number of carbonyl (C=O) groups excluding carboxylic acids is 2. The van der Waals surface area contributed by atoms with Gasteiger partial charge in [0.2, 0.25) is 0 Å². The number of nitrogens with zero attached hydrogens (tertiary/aromatic N) is 2. The van der Waals surface area contributed by atoms with Gasteiger partial charge in [0.25, 0.3) is 0 Å². The summed E-state index contributed by atoms with van der Waals surface area (Å²) in [5.74, 6) is -1.36. The topological polar surface area (TPSA) is 79.6 Å². The van der Waals surface area contributed by atoms with E-state index in [1.165, 1.54) is 0 Å². The molecule has 2 saturated heterocycles. The lowest BCUT2D eigenvalue weighted by molar-refractivity contribution is -0.140. The average molecular weight is 330 g/mol. The molecule has 2 heterocycles. The average Bonchev–Trinajstić information content (AvgIpc) is 2.99. The molecule has 2 fully saturated rings. The van der Waals surface area contributed by atoms with E-state index in [2.05, 4.69) is 24.8 Å². The largest absolute Gasteiger partial charge is 0.458 e. The first kappa shape index (κ1) is 16.6. The predicted octanol–water partition coefficient (Wildman–Crippen LogP) is 2.08. The van der Waals surface area contributed by atoms with Crippen LogP contribution in [0.3, 0.4) is 0 Å². The summed E-state index contributed by atoms with van der Waals surface area (Å²) in [6.45, 7) is 6.10. The molecule has 0 aromatic heterocycles. The summed E-state index contributed by atoms with van der Waals surface area (Å²) in [4.78, 5) is 26.8. The Labute approximate surface area is 141 Å². The highest BCUT2D eigenvalue weighted by Crippen LogP contribution is 2.45. The SMILES string of the molecule is CC1(C)CC(=C2C(=O)OCCOC2=O)C(C#N)=C(N2CCCC2)C1. The first-order valence-corrected chi connectivity index (χ1v) is 8.39. The van der Waals surface area contributed by atoms with E-state index in [1.807, 2.05) is 0 Å². The molecule has 0 saturated carbocycles. The number of esters is 2. The summed E-state index contributed by atoms with van der Waals surface area (Å²) in [5, 5.41) is 9.76. The molecule has 0 radical (unpaired) electrons. The summed E-state index contributed by atoms with van der Waals surface area (Å²) >= 11 is 0. The minimum absolute atomic E-state index is 0.0509. The van der Waals surface area contributed by atoms with E-state index in [0.717, 1.165) is 38.0 Å². The molecule has 0 aromatic rings. The highest BCUT2D eigenvalue weighted by atomic mass is 16.6. The maximum atomic E-state index is 12.3. The van der Waals surface area contributed by atoms with E-state index in [9.17, 15) is 14.9 Å². The maximum absolute atomic E-state index is 12.3. The van der Waals surface area contributed by atoms with E-state index in [-0.39, 0.29) is 24.2 Å². The standard InChI is InChI=1S/C18H22N2O4/c1-18(2)9-12(15-16(21)23-7-8-24-17(15)22)13(11-19)14(10-18)20-5-3-4-6-20/h3-10H2,1-2H3. The monoisotopic (exact) mass is 330 g/mol. The van der Waals surface area contributed by atoms with Crippen LogP contribution in [0.4, 0.5) is 0 Å². The highest BCUT2D eigenvalue weighted by molar-refractivity contribution is 6.15. The van der Waals surface area contributed by atoms with Crippen molar-refractivity contribution >= 4 is 11.9 Å². The number of ether oxygens (including phenoxy) is 2. The maximum Gasteiger partial charge on any atom is 0.346 e. The van der Waals surface area contributed by atoms with Gasteiger partial charge >= 0.3 is 11.9 Å². The Balaban J connectivity index is 2.18. The molecule has 0 atom stereocenters. The molecule has 1 aliphatic carbocycles. The van der Waals surface area contributed by atoms with Crippen LogP contribution in [-0.4, -0.2) is 43.1 Å². The first-order chi connectivity index (χ1) is 11.4. The summed E-state index contributed by atoms with van der Waals surface area (Å²) in [5.41, 5.74) is 1.62. The number of likely N-dealkylation sites (tertiary alicyclic amines) is 1. The minimum atomic E-state index is -0.682. The number of hydrogen-bond donors (Lipinski definition) is 0. The molecule has 0 N–H and O–H groups in total. The molecule has 0 aromatic carbocycles. The van der Waals surface area contributed by atoms with Crippen molar-refractivity contribution in [2.75, 3.05) is 26.3 Å². The molecular formula is C18H22N2O4. The van der Waals surface area contributed by atoms with Crippen LogP contribution in [0.5, 0.6) is 0 Å². The van der Waals surface area contributed by atoms with Gasteiger partial charge in [-0.2, -0.15) is 5.26 Å². The smallest absolute Gasteiger partial charge is 0.346 e. The van der Waals surface area contributed by atoms with Gasteiger partial charge in [0.15, 0.2) is 0 Å². The third-order valence-electron chi connectivity index (χ3n) is 4.75. The van der Waals surface area contributed by atoms with Crippen molar-refractivity contribution in [2.45, 2.75) is 39.5 Å². The fourth-order valence-electron chi connectivity index (χ4n) is 3.69. The van der Waals surface area contributed by atoms with Crippen LogP contribution in [0.25, 0.3) is 0 Å². The Hall–Kier alpha value is -2.29. The van der Waals surface area contributed by atoms with Crippen LogP contribution < -0.4 is 0 Å². The molecule has 0 amide bonds. The lowest BCUT2D eigenvalue weighted by atomic mass is 9.72. The highest BCUT2D eigenvalue weighted by Gasteiger charge is 2.39. The first-order valence-electron chi connectivity index (χ1n) is 8.39. The van der Waals surface area contributed by atoms with E-state index >= 15 is 0 Å². The number of nitriles is 1. The van der Waals surface area contributed by atoms with Crippen LogP contribution in [0.2, 0.25) is 0 Å². The van der Waals surface area contributed by atoms with E-state index in [0.29, 0.717) is 17.6 Å². The molecule has 6 heteroatoms. The minimum Gasteiger partial charge on any atom is -0.458 e. The summed E-state index contributed by atoms with van der Waals surface area (Å²) < 4.78 is 10.1. The van der Waals surface area contributed by atoms with Crippen LogP contribution in [-0.2, 0) is 19.1 Å². The fraction of sp³-hybridized carbons (Fsp3) is 0.611. The molecule has 0 bridgehead atoms. The van der Waals surface area contributed by atoms with Gasteiger partial charge < -0.3 is 14.4 Å². The lowest BCUT2D eigenvalue weighted by Gasteiger charge is -2.37. The Bertz CT molecular complexity index is 656. The van der Waals surface area contributed by atoms with E-state index in [1.54, 1.807) is 0 Å². The molecule has 6 nitrogen and oxygen atoms in total. The predicted molar refractivity (Wildman–Crippen MR) is 85.4 cm³/mol. The summed E-state index contributed by atoms with van der Waals surface area (Å²) in [6.07, 6.45) is 3.43. The van der Waals surface area contributed by atoms with Gasteiger partial charge in [-0.05, 0) is 36.7 Å². The zero-order valence-corrected chi connectivity index (χ0v) is 14.2. The van der Waals surface area contributed by atoms with Crippen LogP contribution in [0.15, 0.2) is 22.4 Å². The fourth-order valence-corrected chi connectivity index (χ4v) is 3.69. The van der Waals surface area contributed by atoms with E-state index in [4.69, 9.17) is 9.47 Å². The van der Waals surface area contributed by atoms with Crippen molar-refractivity contribution in [3.05, 3.63) is 22.4 Å². The second-order valence-electron chi connectivity index (χ2n) is 7.27. The molecule has 3 aliphatic rings. The molecule has 2 aliphatic heterocycles. The van der Waals surface area contributed by atoms with Crippen molar-refractivity contribution in [1.82, 2.24) is 4.90 Å². The van der Waals surface area contributed by atoms with Crippen LogP contribution in [0.1, 0.15) is 39.5 Å². The van der Waals surface area contributed by atoms with Gasteiger partial charge in [-0.1, -0.05) is 13.8 Å². The zero-order valence-electron chi connectivity index (χ0n) is 14.2. The Morgan fingerprint density at radius 2 is 1.62 bits per heavy atom. The third-order valence-corrected chi connectivity index (χ3v) is 4.75. The van der Waals surface area contributed by atoms with Crippen molar-refractivity contribution in [1.29, 1.82) is 5.26 Å². The number of carbonyl (C=O) groups is 2. The third kappa shape index (κ3) is 3.03. The normalized spacial score (nSPS) is 24.5. The van der Waals surface area contributed by atoms with Crippen molar-refractivity contribution in [2.24, 2.45) is 5.41 Å². The lowest BCUT2D eigenvalue weighted by Crippen LogP contribution is -2.31. The van der Waals surface area contributed by atoms with Gasteiger partial charge in [0, 0.05) is 18.8 Å². The van der Waals surface area contributed by atoms with Crippen molar-refractivity contribution in [3.8, 4) is 6.07 Å². The Morgan fingerprint density at radius 3 is 2.17 bits per heavy atom. The zero-order chi connectivity index (χ0) is 17.3. The molecular weight excluding hydrogens is 308 g/mol. The second-order valence-corrected chi connectivity index (χ2v) is 7.27. The van der Waals surface area contributed by atoms with Crippen LogP contribution >= 0.6 is 0 Å². The van der Waals surface area contributed by atoms with Gasteiger partial charge in [0.05, 0.1) is 5.57 Å². The van der Waals surface area contributed by atoms with Gasteiger partial charge in [-0.3, -0.25) is 0 Å². The number of rotatable bonds is 1. The second kappa shape index (κ2) is 6.31. The molecule has 3 rings (SSSR count). The van der Waals surface area contributed by atoms with Crippen molar-refractivity contribution < 1.29 is 19.1 Å². The Kier molecular flexibility index (Phi) is 4.35. The van der Waals surface area contributed by atoms with Crippen LogP contribution in [0, 0.1) is 16.7 Å². The number of allylic oxidation sites excluding steroid dienone is 3. The van der Waals surface area contributed by atoms with Gasteiger partial charge in [0.1, 0.15) is 24.9 Å². The summed E-state index contributed by atoms with van der Waals surface area (Å²) in [7, 11) is 0. The molecule has 24 heavy (non-hydrogen) atoms. The summed E-state index contributed by atoms with van der Waals surface area (Å²) in [6, 6.07) is 2.24. The van der Waals surface area contributed by atoms with Crippen molar-refractivity contribution in [3.63, 3.8) is 0 Å². The van der Waals surface area contributed by atoms with Gasteiger partial charge in [-0.15, -0.1) is 0 Å². The quantitative estimate of drug-likeness (QED) is 0.416. The Morgan fingerprint density at radius 1 is 1.04 bits per heavy atom. The molecule has 0 unspecified atom stereocenters. The molecule has 128 valence electrons. The number of cyclic esters (lactones) is 2. The van der Waals surface area contributed by atoms with Gasteiger partial charge in [-0.25, -0.2) is 9.59 Å². The molecule has 0 spiro atoms. The van der Waals surface area contributed by atoms with E-state index < -0.39 is 11.9 Å². The number of hydrogen-bond acceptors (Lipinski definition) is 6.